The molecule has 0 saturated heterocycles. The summed E-state index contributed by atoms with van der Waals surface area (Å²) in [6, 6.07) is -0.625. The Morgan fingerprint density at radius 3 is 0.883 bits per heavy atom. The third kappa shape index (κ3) is 63.6. The fraction of sp³-hybridized carbons (Fsp3) is 0.944. The van der Waals surface area contributed by atoms with Crippen LogP contribution >= 0.6 is 0 Å². The van der Waals surface area contributed by atoms with E-state index in [4.69, 9.17) is 4.74 Å². The summed E-state index contributed by atoms with van der Waals surface area (Å²) in [4.78, 5) is 24.6. The maximum absolute atomic E-state index is 12.5. The number of rotatable bonds is 67. The number of carbonyl (C=O) groups is 2. The van der Waals surface area contributed by atoms with Gasteiger partial charge < -0.3 is 20.3 Å². The molecule has 0 aromatic carbocycles. The van der Waals surface area contributed by atoms with E-state index >= 15 is 0 Å². The molecule has 77 heavy (non-hydrogen) atoms. The van der Waals surface area contributed by atoms with Gasteiger partial charge in [0.15, 0.2) is 0 Å². The molecule has 0 radical (unpaired) electrons. The monoisotopic (exact) mass is 1090 g/mol. The maximum atomic E-state index is 12.5. The van der Waals surface area contributed by atoms with Gasteiger partial charge in [0.05, 0.1) is 25.4 Å². The molecule has 6 nitrogen and oxygen atoms in total. The van der Waals surface area contributed by atoms with Gasteiger partial charge >= 0.3 is 5.97 Å². The Kier molecular flexibility index (Phi) is 65.9. The molecular formula is C71H139NO5. The van der Waals surface area contributed by atoms with Gasteiger partial charge in [-0.3, -0.25) is 9.59 Å². The van der Waals surface area contributed by atoms with Crippen molar-refractivity contribution in [1.82, 2.24) is 5.32 Å². The molecule has 0 fully saturated rings. The number of unbranched alkanes of at least 4 members (excludes halogenated alkanes) is 56. The second-order valence-corrected chi connectivity index (χ2v) is 24.6. The quantitative estimate of drug-likeness (QED) is 0.0320. The Morgan fingerprint density at radius 2 is 0.597 bits per heavy atom. The standard InChI is InChI=1S/C71H139NO5/c1-3-5-7-9-11-13-15-17-18-19-20-31-34-37-40-43-47-51-55-59-63-69(74)68(67-73)72-70(75)64-60-56-52-48-44-41-38-35-32-29-27-25-23-21-22-24-26-28-30-33-36-39-42-46-50-54-58-62-66-77-71(76)65-61-57-53-49-45-16-14-12-10-8-6-4-2/h59,63,68-69,73-74H,3-58,60-62,64-67H2,1-2H3,(H,72,75)/b63-59+. The van der Waals surface area contributed by atoms with Crippen LogP contribution in [0.3, 0.4) is 0 Å². The molecule has 0 aromatic heterocycles. The fourth-order valence-electron chi connectivity index (χ4n) is 11.4. The number of carbonyl (C=O) groups excluding carboxylic acids is 2. The second-order valence-electron chi connectivity index (χ2n) is 24.6. The average Bonchev–Trinajstić information content (AvgIpc) is 3.43. The Balaban J connectivity index is 3.36. The smallest absolute Gasteiger partial charge is 0.305 e. The summed E-state index contributed by atoms with van der Waals surface area (Å²) in [6.07, 6.45) is 82.9. The number of esters is 1. The molecule has 0 aliphatic rings. The summed E-state index contributed by atoms with van der Waals surface area (Å²) < 4.78 is 5.48. The first-order valence-corrected chi connectivity index (χ1v) is 35.5. The van der Waals surface area contributed by atoms with E-state index < -0.39 is 12.1 Å². The van der Waals surface area contributed by atoms with Crippen molar-refractivity contribution in [3.8, 4) is 0 Å². The number of nitrogens with one attached hydrogen (secondary N) is 1. The molecule has 0 aliphatic heterocycles. The summed E-state index contributed by atoms with van der Waals surface area (Å²) in [6.45, 7) is 4.95. The van der Waals surface area contributed by atoms with Gasteiger partial charge in [-0.05, 0) is 32.1 Å². The van der Waals surface area contributed by atoms with E-state index in [-0.39, 0.29) is 18.5 Å². The van der Waals surface area contributed by atoms with Gasteiger partial charge in [0.25, 0.3) is 0 Å². The van der Waals surface area contributed by atoms with Crippen LogP contribution in [-0.2, 0) is 14.3 Å². The van der Waals surface area contributed by atoms with Gasteiger partial charge in [0, 0.05) is 12.8 Å². The molecule has 458 valence electrons. The molecular weight excluding hydrogens is 947 g/mol. The highest BCUT2D eigenvalue weighted by Gasteiger charge is 2.18. The average molecular weight is 1090 g/mol. The largest absolute Gasteiger partial charge is 0.466 e. The van der Waals surface area contributed by atoms with Crippen LogP contribution in [0.1, 0.15) is 406 Å². The summed E-state index contributed by atoms with van der Waals surface area (Å²) in [7, 11) is 0. The van der Waals surface area contributed by atoms with Crippen LogP contribution in [0.25, 0.3) is 0 Å². The van der Waals surface area contributed by atoms with Crippen LogP contribution in [0, 0.1) is 0 Å². The highest BCUT2D eigenvalue weighted by Crippen LogP contribution is 2.19. The van der Waals surface area contributed by atoms with Crippen LogP contribution in [0.5, 0.6) is 0 Å². The Morgan fingerprint density at radius 1 is 0.351 bits per heavy atom. The number of hydrogen-bond donors (Lipinski definition) is 3. The van der Waals surface area contributed by atoms with E-state index in [0.717, 1.165) is 38.5 Å². The fourth-order valence-corrected chi connectivity index (χ4v) is 11.4. The predicted molar refractivity (Wildman–Crippen MR) is 338 cm³/mol. The van der Waals surface area contributed by atoms with Gasteiger partial charge in [0.2, 0.25) is 5.91 Å². The first-order valence-electron chi connectivity index (χ1n) is 35.5. The highest BCUT2D eigenvalue weighted by atomic mass is 16.5. The molecule has 2 unspecified atom stereocenters. The van der Waals surface area contributed by atoms with Crippen LogP contribution in [0.15, 0.2) is 12.2 Å². The zero-order valence-corrected chi connectivity index (χ0v) is 52.5. The van der Waals surface area contributed by atoms with Crippen LogP contribution in [0.4, 0.5) is 0 Å². The van der Waals surface area contributed by atoms with Gasteiger partial charge in [-0.15, -0.1) is 0 Å². The third-order valence-electron chi connectivity index (χ3n) is 16.8. The Labute approximate surface area is 482 Å². The van der Waals surface area contributed by atoms with Crippen molar-refractivity contribution in [1.29, 1.82) is 0 Å². The molecule has 0 aromatic rings. The van der Waals surface area contributed by atoms with Crippen LogP contribution < -0.4 is 5.32 Å². The first kappa shape index (κ1) is 75.6. The van der Waals surface area contributed by atoms with Crippen molar-refractivity contribution in [3.63, 3.8) is 0 Å². The Hall–Kier alpha value is -1.40. The van der Waals surface area contributed by atoms with E-state index in [2.05, 4.69) is 19.2 Å². The molecule has 6 heteroatoms. The molecule has 0 spiro atoms. The number of aliphatic hydroxyl groups is 2. The zero-order chi connectivity index (χ0) is 55.7. The Bertz CT molecular complexity index is 1160. The lowest BCUT2D eigenvalue weighted by Gasteiger charge is -2.20. The number of hydrogen-bond acceptors (Lipinski definition) is 5. The van der Waals surface area contributed by atoms with Gasteiger partial charge in [-0.2, -0.15) is 0 Å². The van der Waals surface area contributed by atoms with E-state index in [0.29, 0.717) is 19.4 Å². The number of aliphatic hydroxyl groups excluding tert-OH is 2. The van der Waals surface area contributed by atoms with Crippen molar-refractivity contribution in [2.75, 3.05) is 13.2 Å². The molecule has 0 bridgehead atoms. The summed E-state index contributed by atoms with van der Waals surface area (Å²) in [5.74, 6) is -0.0403. The van der Waals surface area contributed by atoms with Crippen molar-refractivity contribution >= 4 is 11.9 Å². The van der Waals surface area contributed by atoms with E-state index in [9.17, 15) is 19.8 Å². The molecule has 2 atom stereocenters. The molecule has 0 aliphatic carbocycles. The predicted octanol–water partition coefficient (Wildman–Crippen LogP) is 22.8. The van der Waals surface area contributed by atoms with Crippen molar-refractivity contribution < 1.29 is 24.5 Å². The second kappa shape index (κ2) is 67.1. The van der Waals surface area contributed by atoms with Gasteiger partial charge in [0.1, 0.15) is 0 Å². The molecule has 3 N–H and O–H groups in total. The number of allylic oxidation sites excluding steroid dienone is 1. The lowest BCUT2D eigenvalue weighted by atomic mass is 10.0. The summed E-state index contributed by atoms with van der Waals surface area (Å²) >= 11 is 0. The normalized spacial score (nSPS) is 12.5. The number of ether oxygens (including phenoxy) is 1. The van der Waals surface area contributed by atoms with Crippen LogP contribution in [-0.4, -0.2) is 47.4 Å². The zero-order valence-electron chi connectivity index (χ0n) is 52.5. The van der Waals surface area contributed by atoms with E-state index in [1.54, 1.807) is 6.08 Å². The van der Waals surface area contributed by atoms with Crippen LogP contribution in [0.2, 0.25) is 0 Å². The van der Waals surface area contributed by atoms with Gasteiger partial charge in [-0.25, -0.2) is 0 Å². The molecule has 0 saturated carbocycles. The minimum Gasteiger partial charge on any atom is -0.466 e. The SMILES string of the molecule is CCCCCCCCCCCCCCCCCCCC/C=C/C(O)C(CO)NC(=O)CCCCCCCCCCCCCCCCCCCCCCCCCCCCCCOC(=O)CCCCCCCCCCCCCC. The van der Waals surface area contributed by atoms with E-state index in [1.165, 1.54) is 340 Å². The first-order chi connectivity index (χ1) is 38.0. The third-order valence-corrected chi connectivity index (χ3v) is 16.8. The van der Waals surface area contributed by atoms with Crippen molar-refractivity contribution in [2.45, 2.75) is 418 Å². The summed E-state index contributed by atoms with van der Waals surface area (Å²) in [5.41, 5.74) is 0. The highest BCUT2D eigenvalue weighted by molar-refractivity contribution is 5.76. The lowest BCUT2D eigenvalue weighted by molar-refractivity contribution is -0.143. The molecule has 0 rings (SSSR count). The minimum atomic E-state index is -0.842. The molecule has 0 heterocycles. The number of amides is 1. The molecule has 1 amide bonds. The topological polar surface area (TPSA) is 95.9 Å². The maximum Gasteiger partial charge on any atom is 0.305 e. The van der Waals surface area contributed by atoms with Crippen molar-refractivity contribution in [2.24, 2.45) is 0 Å². The van der Waals surface area contributed by atoms with E-state index in [1.807, 2.05) is 6.08 Å². The summed E-state index contributed by atoms with van der Waals surface area (Å²) in [5, 5.41) is 23.2. The van der Waals surface area contributed by atoms with Crippen molar-refractivity contribution in [3.05, 3.63) is 12.2 Å². The minimum absolute atomic E-state index is 0.0201. The lowest BCUT2D eigenvalue weighted by Crippen LogP contribution is -2.45. The van der Waals surface area contributed by atoms with Gasteiger partial charge in [-0.1, -0.05) is 373 Å².